The van der Waals surface area contributed by atoms with Crippen molar-refractivity contribution in [2.75, 3.05) is 0 Å². The van der Waals surface area contributed by atoms with Gasteiger partial charge in [0.25, 0.3) is 0 Å². The van der Waals surface area contributed by atoms with Crippen LogP contribution in [0.2, 0.25) is 0 Å². The average Bonchev–Trinajstić information content (AvgIpc) is 2.52. The van der Waals surface area contributed by atoms with Crippen molar-refractivity contribution in [1.82, 2.24) is 0 Å². The van der Waals surface area contributed by atoms with Gasteiger partial charge in [-0.3, -0.25) is 0 Å². The predicted molar refractivity (Wildman–Crippen MR) is 98.4 cm³/mol. The third-order valence-electron chi connectivity index (χ3n) is 3.92. The highest BCUT2D eigenvalue weighted by atomic mass is 79.9. The first-order valence-corrected chi connectivity index (χ1v) is 9.65. The number of hydrogen-bond donors (Lipinski definition) is 3. The Morgan fingerprint density at radius 2 is 1.39 bits per heavy atom. The number of rotatable bonds is 10. The van der Waals surface area contributed by atoms with Crippen LogP contribution in [0, 0.1) is 0 Å². The first-order valence-electron chi connectivity index (χ1n) is 8.06. The largest absolute Gasteiger partial charge is 0.504 e. The van der Waals surface area contributed by atoms with Gasteiger partial charge in [0.05, 0.1) is 4.47 Å². The van der Waals surface area contributed by atoms with Crippen LogP contribution in [0.4, 0.5) is 0 Å². The highest BCUT2D eigenvalue weighted by molar-refractivity contribution is 9.13. The molecule has 0 aliphatic heterocycles. The molecule has 0 radical (unpaired) electrons. The quantitative estimate of drug-likeness (QED) is 0.301. The van der Waals surface area contributed by atoms with E-state index in [4.69, 9.17) is 0 Å². The Kier molecular flexibility index (Phi) is 8.99. The van der Waals surface area contributed by atoms with Gasteiger partial charge in [-0.15, -0.1) is 0 Å². The molecule has 0 bridgehead atoms. The number of phenols is 2. The Hall–Kier alpha value is -0.750. The van der Waals surface area contributed by atoms with Crippen LogP contribution in [0.15, 0.2) is 8.95 Å². The minimum atomic E-state index is -1.24. The van der Waals surface area contributed by atoms with Gasteiger partial charge in [0.1, 0.15) is 5.56 Å². The van der Waals surface area contributed by atoms with Crippen LogP contribution < -0.4 is 0 Å². The molecule has 0 aromatic heterocycles. The average molecular weight is 452 g/mol. The summed E-state index contributed by atoms with van der Waals surface area (Å²) in [7, 11) is 0. The van der Waals surface area contributed by atoms with E-state index in [1.807, 2.05) is 0 Å². The van der Waals surface area contributed by atoms with Crippen molar-refractivity contribution in [2.24, 2.45) is 0 Å². The van der Waals surface area contributed by atoms with Crippen LogP contribution in [-0.4, -0.2) is 21.3 Å². The predicted octanol–water partition coefficient (Wildman–Crippen LogP) is 6.00. The van der Waals surface area contributed by atoms with E-state index in [0.29, 0.717) is 16.5 Å². The Labute approximate surface area is 154 Å². The van der Waals surface area contributed by atoms with Gasteiger partial charge < -0.3 is 15.3 Å². The van der Waals surface area contributed by atoms with Crippen LogP contribution in [0.5, 0.6) is 11.5 Å². The zero-order chi connectivity index (χ0) is 17.4. The van der Waals surface area contributed by atoms with Crippen molar-refractivity contribution >= 4 is 37.8 Å². The molecule has 23 heavy (non-hydrogen) atoms. The molecule has 0 aliphatic rings. The van der Waals surface area contributed by atoms with Crippen LogP contribution in [0.1, 0.15) is 74.2 Å². The molecule has 0 heterocycles. The number of carbonyl (C=O) groups is 1. The first kappa shape index (κ1) is 20.3. The second-order valence-corrected chi connectivity index (χ2v) is 7.29. The number of halogens is 2. The monoisotopic (exact) mass is 450 g/mol. The molecule has 3 N–H and O–H groups in total. The zero-order valence-electron chi connectivity index (χ0n) is 13.4. The zero-order valence-corrected chi connectivity index (χ0v) is 16.5. The lowest BCUT2D eigenvalue weighted by Crippen LogP contribution is -2.05. The van der Waals surface area contributed by atoms with E-state index in [2.05, 4.69) is 38.8 Å². The normalized spacial score (nSPS) is 10.9. The second kappa shape index (κ2) is 10.2. The van der Waals surface area contributed by atoms with E-state index in [0.717, 1.165) is 19.3 Å². The van der Waals surface area contributed by atoms with Gasteiger partial charge in [0.2, 0.25) is 0 Å². The molecule has 6 heteroatoms. The minimum absolute atomic E-state index is 0.222. The maximum atomic E-state index is 11.4. The highest BCUT2D eigenvalue weighted by Crippen LogP contribution is 2.45. The molecule has 130 valence electrons. The second-order valence-electron chi connectivity index (χ2n) is 5.71. The first-order chi connectivity index (χ1) is 10.9. The SMILES string of the molecule is CCCCCCCCCCc1c(Br)c(Br)c(O)c(O)c1C(=O)O. The summed E-state index contributed by atoms with van der Waals surface area (Å²) in [4.78, 5) is 11.4. The van der Waals surface area contributed by atoms with Crippen LogP contribution in [0.25, 0.3) is 0 Å². The number of aromatic hydroxyl groups is 2. The van der Waals surface area contributed by atoms with Crippen LogP contribution in [0.3, 0.4) is 0 Å². The van der Waals surface area contributed by atoms with E-state index in [1.165, 1.54) is 32.1 Å². The fourth-order valence-electron chi connectivity index (χ4n) is 2.61. The van der Waals surface area contributed by atoms with Crippen molar-refractivity contribution in [3.8, 4) is 11.5 Å². The van der Waals surface area contributed by atoms with E-state index >= 15 is 0 Å². The van der Waals surface area contributed by atoms with Crippen molar-refractivity contribution in [3.05, 3.63) is 20.1 Å². The van der Waals surface area contributed by atoms with E-state index in [1.54, 1.807) is 0 Å². The standard InChI is InChI=1S/C17H24Br2O4/c1-2-3-4-5-6-7-8-9-10-11-12(17(22)23)15(20)16(21)14(19)13(11)18/h20-21H,2-10H2,1H3,(H,22,23). The molecule has 0 fully saturated rings. The molecule has 1 rings (SSSR count). The molecule has 0 spiro atoms. The topological polar surface area (TPSA) is 77.8 Å². The number of aromatic carboxylic acids is 1. The Morgan fingerprint density at radius 1 is 0.870 bits per heavy atom. The summed E-state index contributed by atoms with van der Waals surface area (Å²) in [5, 5.41) is 29.0. The number of carboxylic acids is 1. The van der Waals surface area contributed by atoms with Gasteiger partial charge in [-0.2, -0.15) is 0 Å². The highest BCUT2D eigenvalue weighted by Gasteiger charge is 2.25. The van der Waals surface area contributed by atoms with Crippen molar-refractivity contribution in [3.63, 3.8) is 0 Å². The lowest BCUT2D eigenvalue weighted by molar-refractivity contribution is 0.0691. The number of carboxylic acid groups (broad SMARTS) is 1. The molecule has 4 nitrogen and oxygen atoms in total. The van der Waals surface area contributed by atoms with Gasteiger partial charge in [-0.05, 0) is 50.3 Å². The number of hydrogen-bond acceptors (Lipinski definition) is 3. The Bertz CT molecular complexity index is 544. The Balaban J connectivity index is 2.64. The summed E-state index contributed by atoms with van der Waals surface area (Å²) < 4.78 is 0.780. The molecule has 0 amide bonds. The fourth-order valence-corrected chi connectivity index (χ4v) is 3.62. The molecule has 0 unspecified atom stereocenters. The summed E-state index contributed by atoms with van der Waals surface area (Å²) in [5.41, 5.74) is 0.297. The number of unbranched alkanes of at least 4 members (excludes halogenated alkanes) is 7. The van der Waals surface area contributed by atoms with Crippen LogP contribution in [-0.2, 0) is 6.42 Å². The Morgan fingerprint density at radius 3 is 1.91 bits per heavy atom. The molecule has 0 aliphatic carbocycles. The van der Waals surface area contributed by atoms with Crippen molar-refractivity contribution < 1.29 is 20.1 Å². The molecular formula is C17H24Br2O4. The minimum Gasteiger partial charge on any atom is -0.504 e. The summed E-state index contributed by atoms with van der Waals surface area (Å²) in [6, 6.07) is 0. The molecular weight excluding hydrogens is 428 g/mol. The third kappa shape index (κ3) is 5.68. The summed E-state index contributed by atoms with van der Waals surface area (Å²) >= 11 is 6.49. The molecule has 1 aromatic carbocycles. The smallest absolute Gasteiger partial charge is 0.339 e. The van der Waals surface area contributed by atoms with E-state index in [-0.39, 0.29) is 10.0 Å². The van der Waals surface area contributed by atoms with Gasteiger partial charge in [-0.1, -0.05) is 51.9 Å². The number of benzene rings is 1. The fraction of sp³-hybridized carbons (Fsp3) is 0.588. The maximum Gasteiger partial charge on any atom is 0.339 e. The van der Waals surface area contributed by atoms with Crippen LogP contribution >= 0.6 is 31.9 Å². The summed E-state index contributed by atoms with van der Waals surface area (Å²) in [6.45, 7) is 2.20. The van der Waals surface area contributed by atoms with Gasteiger partial charge >= 0.3 is 5.97 Å². The van der Waals surface area contributed by atoms with Gasteiger partial charge in [0, 0.05) is 4.47 Å². The molecule has 1 aromatic rings. The summed E-state index contributed by atoms with van der Waals surface area (Å²) in [5.74, 6) is -2.27. The summed E-state index contributed by atoms with van der Waals surface area (Å²) in [6.07, 6.45) is 9.82. The molecule has 0 atom stereocenters. The van der Waals surface area contributed by atoms with E-state index in [9.17, 15) is 20.1 Å². The van der Waals surface area contributed by atoms with Gasteiger partial charge in [-0.25, -0.2) is 4.79 Å². The maximum absolute atomic E-state index is 11.4. The van der Waals surface area contributed by atoms with Crippen molar-refractivity contribution in [1.29, 1.82) is 0 Å². The van der Waals surface area contributed by atoms with E-state index < -0.39 is 17.5 Å². The third-order valence-corrected chi connectivity index (χ3v) is 6.10. The molecule has 0 saturated carbocycles. The number of phenolic OH excluding ortho intramolecular Hbond substituents is 1. The van der Waals surface area contributed by atoms with Gasteiger partial charge in [0.15, 0.2) is 11.5 Å². The lowest BCUT2D eigenvalue weighted by Gasteiger charge is -2.14. The molecule has 0 saturated heterocycles. The lowest BCUT2D eigenvalue weighted by atomic mass is 9.99. The van der Waals surface area contributed by atoms with Crippen molar-refractivity contribution in [2.45, 2.75) is 64.7 Å².